The molecule has 0 aromatic heterocycles. The molecule has 0 saturated heterocycles. The van der Waals surface area contributed by atoms with Crippen LogP contribution >= 0.6 is 0 Å². The van der Waals surface area contributed by atoms with E-state index < -0.39 is 63.2 Å². The van der Waals surface area contributed by atoms with Gasteiger partial charge in [0.25, 0.3) is 0 Å². The second-order valence-corrected chi connectivity index (χ2v) is 6.12. The fourth-order valence-corrected chi connectivity index (χ4v) is 2.91. The Labute approximate surface area is 162 Å². The van der Waals surface area contributed by atoms with Crippen LogP contribution in [-0.4, -0.2) is 30.2 Å². The predicted octanol–water partition coefficient (Wildman–Crippen LogP) is 4.11. The Kier molecular flexibility index (Phi) is 5.23. The molecule has 9 heteroatoms. The highest BCUT2D eigenvalue weighted by atomic mass is 19.1. The summed E-state index contributed by atoms with van der Waals surface area (Å²) < 4.78 is 65.8. The maximum absolute atomic E-state index is 14.3. The molecule has 1 fully saturated rings. The highest BCUT2D eigenvalue weighted by Gasteiger charge is 2.30. The molecule has 0 spiro atoms. The van der Waals surface area contributed by atoms with E-state index in [1.54, 1.807) is 0 Å². The summed E-state index contributed by atoms with van der Waals surface area (Å²) in [5, 5.41) is 18.9. The van der Waals surface area contributed by atoms with Gasteiger partial charge in [-0.2, -0.15) is 0 Å². The topological polar surface area (TPSA) is 76.0 Å². The number of hydrogen-bond acceptors (Lipinski definition) is 5. The Morgan fingerprint density at radius 1 is 0.828 bits per heavy atom. The highest BCUT2D eigenvalue weighted by molar-refractivity contribution is 6.21. The van der Waals surface area contributed by atoms with Gasteiger partial charge >= 0.3 is 0 Å². The number of phenols is 2. The van der Waals surface area contributed by atoms with Crippen molar-refractivity contribution in [1.82, 2.24) is 0 Å². The molecule has 0 amide bonds. The zero-order chi connectivity index (χ0) is 21.5. The minimum Gasteiger partial charge on any atom is -0.504 e. The highest BCUT2D eigenvalue weighted by Crippen LogP contribution is 2.39. The second kappa shape index (κ2) is 7.50. The van der Waals surface area contributed by atoms with E-state index in [9.17, 15) is 32.6 Å². The largest absolute Gasteiger partial charge is 0.504 e. The molecular weight excluding hydrogens is 396 g/mol. The molecule has 29 heavy (non-hydrogen) atoms. The molecule has 2 N–H and O–H groups in total. The van der Waals surface area contributed by atoms with E-state index in [0.29, 0.717) is 12.1 Å². The first-order valence-electron chi connectivity index (χ1n) is 8.15. The fourth-order valence-electron chi connectivity index (χ4n) is 2.91. The van der Waals surface area contributed by atoms with Gasteiger partial charge in [0.1, 0.15) is 11.6 Å². The van der Waals surface area contributed by atoms with E-state index in [0.717, 1.165) is 26.4 Å². The van der Waals surface area contributed by atoms with E-state index in [-0.39, 0.29) is 17.6 Å². The van der Waals surface area contributed by atoms with Gasteiger partial charge in [-0.25, -0.2) is 17.6 Å². The van der Waals surface area contributed by atoms with Crippen LogP contribution in [-0.2, 0) is 4.79 Å². The van der Waals surface area contributed by atoms with Gasteiger partial charge in [-0.1, -0.05) is 0 Å². The molecule has 0 radical (unpaired) electrons. The zero-order valence-electron chi connectivity index (χ0n) is 15.1. The number of hydrogen-bond donors (Lipinski definition) is 2. The lowest BCUT2D eigenvalue weighted by atomic mass is 9.82. The lowest BCUT2D eigenvalue weighted by Gasteiger charge is -2.21. The summed E-state index contributed by atoms with van der Waals surface area (Å²) in [5.41, 5.74) is -1.20. The molecule has 2 aromatic rings. The van der Waals surface area contributed by atoms with Crippen molar-refractivity contribution in [3.8, 4) is 23.0 Å². The molecule has 3 rings (SSSR count). The standard InChI is InChI=1S/C20H14F4O5/c1-28-19-14(25)6-12(21)10(16(19)23)4-8-3-9(18(8)27)5-11-13(22)7-15(26)20(29-2)17(11)24/h4-7,25-26H,3H2,1-2H3/b8-4+,9-5+. The van der Waals surface area contributed by atoms with Crippen LogP contribution in [0.4, 0.5) is 17.6 Å². The van der Waals surface area contributed by atoms with E-state index in [4.69, 9.17) is 0 Å². The number of ether oxygens (including phenoxy) is 2. The third kappa shape index (κ3) is 3.39. The molecule has 1 aliphatic rings. The van der Waals surface area contributed by atoms with Gasteiger partial charge in [-0.05, 0) is 12.2 Å². The molecule has 0 atom stereocenters. The quantitative estimate of drug-likeness (QED) is 0.586. The van der Waals surface area contributed by atoms with Crippen molar-refractivity contribution in [2.45, 2.75) is 6.42 Å². The van der Waals surface area contributed by atoms with Crippen molar-refractivity contribution in [3.05, 3.63) is 57.7 Å². The minimum absolute atomic E-state index is 0.00616. The summed E-state index contributed by atoms with van der Waals surface area (Å²) in [6.07, 6.45) is 1.77. The summed E-state index contributed by atoms with van der Waals surface area (Å²) in [7, 11) is 2.16. The molecule has 5 nitrogen and oxygen atoms in total. The van der Waals surface area contributed by atoms with E-state index in [1.807, 2.05) is 0 Å². The Balaban J connectivity index is 1.96. The third-order valence-electron chi connectivity index (χ3n) is 4.39. The summed E-state index contributed by atoms with van der Waals surface area (Å²) in [6, 6.07) is 1.28. The van der Waals surface area contributed by atoms with Crippen LogP contribution in [0.2, 0.25) is 0 Å². The molecule has 1 aliphatic carbocycles. The predicted molar refractivity (Wildman–Crippen MR) is 94.7 cm³/mol. The average molecular weight is 410 g/mol. The molecule has 0 unspecified atom stereocenters. The normalized spacial score (nSPS) is 16.3. The minimum atomic E-state index is -1.19. The number of ketones is 1. The van der Waals surface area contributed by atoms with Crippen molar-refractivity contribution in [2.75, 3.05) is 14.2 Å². The first kappa shape index (κ1) is 20.2. The van der Waals surface area contributed by atoms with Crippen LogP contribution in [0.25, 0.3) is 12.2 Å². The van der Waals surface area contributed by atoms with Crippen LogP contribution in [0, 0.1) is 23.3 Å². The van der Waals surface area contributed by atoms with Crippen molar-refractivity contribution in [3.63, 3.8) is 0 Å². The monoisotopic (exact) mass is 410 g/mol. The fraction of sp³-hybridized carbons (Fsp3) is 0.150. The number of aromatic hydroxyl groups is 2. The summed E-state index contributed by atoms with van der Waals surface area (Å²) in [4.78, 5) is 12.3. The molecule has 0 bridgehead atoms. The van der Waals surface area contributed by atoms with Gasteiger partial charge in [0.15, 0.2) is 40.4 Å². The first-order valence-corrected chi connectivity index (χ1v) is 8.15. The van der Waals surface area contributed by atoms with Crippen molar-refractivity contribution in [2.24, 2.45) is 0 Å². The van der Waals surface area contributed by atoms with Gasteiger partial charge in [-0.3, -0.25) is 4.79 Å². The Morgan fingerprint density at radius 2 is 1.21 bits per heavy atom. The summed E-state index contributed by atoms with van der Waals surface area (Å²) >= 11 is 0. The lowest BCUT2D eigenvalue weighted by molar-refractivity contribution is -0.114. The van der Waals surface area contributed by atoms with Crippen LogP contribution in [0.3, 0.4) is 0 Å². The van der Waals surface area contributed by atoms with Gasteiger partial charge in [-0.15, -0.1) is 0 Å². The van der Waals surface area contributed by atoms with E-state index >= 15 is 0 Å². The zero-order valence-corrected chi connectivity index (χ0v) is 15.1. The first-order chi connectivity index (χ1) is 13.7. The molecular formula is C20H14F4O5. The number of phenolic OH excluding ortho intramolecular Hbond substituents is 2. The van der Waals surface area contributed by atoms with Crippen molar-refractivity contribution in [1.29, 1.82) is 0 Å². The van der Waals surface area contributed by atoms with E-state index in [1.165, 1.54) is 0 Å². The maximum Gasteiger partial charge on any atom is 0.197 e. The Hall–Kier alpha value is -3.49. The maximum atomic E-state index is 14.3. The molecule has 0 heterocycles. The number of carbonyl (C=O) groups is 1. The molecule has 152 valence electrons. The average Bonchev–Trinajstić information content (AvgIpc) is 2.65. The van der Waals surface area contributed by atoms with Crippen LogP contribution in [0.1, 0.15) is 17.5 Å². The van der Waals surface area contributed by atoms with Crippen LogP contribution < -0.4 is 9.47 Å². The molecule has 2 aromatic carbocycles. The Morgan fingerprint density at radius 3 is 1.52 bits per heavy atom. The second-order valence-electron chi connectivity index (χ2n) is 6.12. The summed E-state index contributed by atoms with van der Waals surface area (Å²) in [6.45, 7) is 0. The van der Waals surface area contributed by atoms with Crippen LogP contribution in [0.5, 0.6) is 23.0 Å². The van der Waals surface area contributed by atoms with Gasteiger partial charge in [0.2, 0.25) is 0 Å². The number of allylic oxidation sites excluding steroid dienone is 2. The number of Topliss-reactive ketones (excluding diaryl/α,β-unsaturated/α-hetero) is 1. The van der Waals surface area contributed by atoms with E-state index in [2.05, 4.69) is 9.47 Å². The number of methoxy groups -OCH3 is 2. The number of rotatable bonds is 4. The number of benzene rings is 2. The third-order valence-corrected chi connectivity index (χ3v) is 4.39. The smallest absolute Gasteiger partial charge is 0.197 e. The van der Waals surface area contributed by atoms with Crippen molar-refractivity contribution < 1.29 is 42.0 Å². The summed E-state index contributed by atoms with van der Waals surface area (Å²) in [5.74, 6) is -7.91. The SMILES string of the molecule is COc1c(O)cc(F)c(/C=C2\C/C(=C\c3c(F)cc(O)c(OC)c3F)C2=O)c1F. The number of halogens is 4. The molecule has 0 aliphatic heterocycles. The number of carbonyl (C=O) groups excluding carboxylic acids is 1. The van der Waals surface area contributed by atoms with Crippen LogP contribution in [0.15, 0.2) is 23.3 Å². The van der Waals surface area contributed by atoms with Gasteiger partial charge < -0.3 is 19.7 Å². The van der Waals surface area contributed by atoms with Gasteiger partial charge in [0.05, 0.1) is 25.3 Å². The Bertz CT molecular complexity index is 1010. The lowest BCUT2D eigenvalue weighted by Crippen LogP contribution is -2.19. The van der Waals surface area contributed by atoms with Gasteiger partial charge in [0, 0.05) is 29.7 Å². The van der Waals surface area contributed by atoms with Crippen molar-refractivity contribution >= 4 is 17.9 Å². The molecule has 1 saturated carbocycles.